The van der Waals surface area contributed by atoms with Crippen LogP contribution in [0.2, 0.25) is 5.15 Å². The molecular formula is C13H13ClF3N3O3S. The number of anilines is 1. The van der Waals surface area contributed by atoms with Gasteiger partial charge in [0, 0.05) is 12.7 Å². The SMILES string of the molecule is COc1ccc(NS(=O)(=O)c2c(C)nn(C)c2Cl)cc1C(F)(F)F. The lowest BCUT2D eigenvalue weighted by atomic mass is 10.1. The minimum Gasteiger partial charge on any atom is -0.496 e. The first-order valence-electron chi connectivity index (χ1n) is 6.44. The van der Waals surface area contributed by atoms with Crippen LogP contribution in [0.25, 0.3) is 0 Å². The lowest BCUT2D eigenvalue weighted by molar-refractivity contribution is -0.138. The Hall–Kier alpha value is -1.94. The highest BCUT2D eigenvalue weighted by molar-refractivity contribution is 7.92. The molecule has 1 heterocycles. The molecule has 0 saturated heterocycles. The highest BCUT2D eigenvalue weighted by Crippen LogP contribution is 2.38. The number of hydrogen-bond donors (Lipinski definition) is 1. The van der Waals surface area contributed by atoms with E-state index in [4.69, 9.17) is 11.6 Å². The predicted molar refractivity (Wildman–Crippen MR) is 81.8 cm³/mol. The third-order valence-electron chi connectivity index (χ3n) is 3.13. The van der Waals surface area contributed by atoms with Crippen molar-refractivity contribution in [2.45, 2.75) is 18.0 Å². The maximum atomic E-state index is 13.0. The highest BCUT2D eigenvalue weighted by Gasteiger charge is 2.35. The molecule has 0 aliphatic carbocycles. The van der Waals surface area contributed by atoms with Crippen LogP contribution in [-0.2, 0) is 23.2 Å². The Bertz CT molecular complexity index is 879. The lowest BCUT2D eigenvalue weighted by Crippen LogP contribution is -2.15. The fourth-order valence-electron chi connectivity index (χ4n) is 2.12. The summed E-state index contributed by atoms with van der Waals surface area (Å²) < 4.78 is 71.7. The topological polar surface area (TPSA) is 73.2 Å². The summed E-state index contributed by atoms with van der Waals surface area (Å²) in [5.41, 5.74) is -1.25. The number of hydrogen-bond acceptors (Lipinski definition) is 4. The van der Waals surface area contributed by atoms with E-state index >= 15 is 0 Å². The molecule has 2 aromatic rings. The number of aromatic nitrogens is 2. The summed E-state index contributed by atoms with van der Waals surface area (Å²) in [5.74, 6) is -0.416. The molecule has 24 heavy (non-hydrogen) atoms. The van der Waals surface area contributed by atoms with Crippen molar-refractivity contribution in [3.05, 3.63) is 34.6 Å². The van der Waals surface area contributed by atoms with Gasteiger partial charge in [0.2, 0.25) is 0 Å². The number of halogens is 4. The zero-order chi connectivity index (χ0) is 18.3. The molecular weight excluding hydrogens is 371 g/mol. The molecule has 11 heteroatoms. The zero-order valence-electron chi connectivity index (χ0n) is 12.8. The minimum atomic E-state index is -4.70. The van der Waals surface area contributed by atoms with Gasteiger partial charge in [-0.1, -0.05) is 11.6 Å². The van der Waals surface area contributed by atoms with Crippen LogP contribution in [-0.4, -0.2) is 25.3 Å². The van der Waals surface area contributed by atoms with Crippen molar-refractivity contribution in [3.8, 4) is 5.75 Å². The Balaban J connectivity index is 2.47. The van der Waals surface area contributed by atoms with Crippen molar-refractivity contribution in [3.63, 3.8) is 0 Å². The Labute approximate surface area is 141 Å². The van der Waals surface area contributed by atoms with Gasteiger partial charge < -0.3 is 4.74 Å². The van der Waals surface area contributed by atoms with E-state index in [1.165, 1.54) is 14.0 Å². The molecule has 1 N–H and O–H groups in total. The number of ether oxygens (including phenoxy) is 1. The van der Waals surface area contributed by atoms with Crippen LogP contribution >= 0.6 is 11.6 Å². The van der Waals surface area contributed by atoms with Gasteiger partial charge in [0.25, 0.3) is 10.0 Å². The molecule has 2 rings (SSSR count). The molecule has 0 radical (unpaired) electrons. The molecule has 6 nitrogen and oxygen atoms in total. The Morgan fingerprint density at radius 1 is 1.33 bits per heavy atom. The van der Waals surface area contributed by atoms with Crippen LogP contribution < -0.4 is 9.46 Å². The van der Waals surface area contributed by atoms with E-state index in [-0.39, 0.29) is 21.4 Å². The molecule has 0 aliphatic rings. The van der Waals surface area contributed by atoms with E-state index in [0.717, 1.165) is 23.9 Å². The van der Waals surface area contributed by atoms with Gasteiger partial charge in [-0.15, -0.1) is 0 Å². The molecule has 0 aliphatic heterocycles. The fraction of sp³-hybridized carbons (Fsp3) is 0.308. The average Bonchev–Trinajstić information content (AvgIpc) is 2.71. The third-order valence-corrected chi connectivity index (χ3v) is 5.20. The minimum absolute atomic E-state index is 0.125. The van der Waals surface area contributed by atoms with Crippen molar-refractivity contribution in [1.29, 1.82) is 0 Å². The van der Waals surface area contributed by atoms with Crippen molar-refractivity contribution >= 4 is 27.3 Å². The zero-order valence-corrected chi connectivity index (χ0v) is 14.3. The van der Waals surface area contributed by atoms with Gasteiger partial charge in [0.15, 0.2) is 0 Å². The molecule has 0 atom stereocenters. The number of nitrogens with one attached hydrogen (secondary N) is 1. The van der Waals surface area contributed by atoms with E-state index in [2.05, 4.69) is 14.6 Å². The number of methoxy groups -OCH3 is 1. The summed E-state index contributed by atoms with van der Waals surface area (Å²) in [7, 11) is -1.67. The van der Waals surface area contributed by atoms with E-state index in [9.17, 15) is 21.6 Å². The summed E-state index contributed by atoms with van der Waals surface area (Å²) in [5, 5.41) is 3.72. The fourth-order valence-corrected chi connectivity index (χ4v) is 3.92. The monoisotopic (exact) mass is 383 g/mol. The maximum Gasteiger partial charge on any atom is 0.420 e. The van der Waals surface area contributed by atoms with Gasteiger partial charge in [-0.05, 0) is 25.1 Å². The van der Waals surface area contributed by atoms with E-state index in [1.807, 2.05) is 0 Å². The van der Waals surface area contributed by atoms with Crippen LogP contribution in [0.4, 0.5) is 18.9 Å². The second-order valence-corrected chi connectivity index (χ2v) is 6.82. The van der Waals surface area contributed by atoms with Gasteiger partial charge >= 0.3 is 6.18 Å². The smallest absolute Gasteiger partial charge is 0.420 e. The van der Waals surface area contributed by atoms with Crippen molar-refractivity contribution in [2.75, 3.05) is 11.8 Å². The number of alkyl halides is 3. The van der Waals surface area contributed by atoms with Crippen LogP contribution in [0, 0.1) is 6.92 Å². The number of nitrogens with zero attached hydrogens (tertiary/aromatic N) is 2. The summed E-state index contributed by atoms with van der Waals surface area (Å²) >= 11 is 5.90. The first-order valence-corrected chi connectivity index (χ1v) is 8.30. The van der Waals surface area contributed by atoms with E-state index in [1.54, 1.807) is 0 Å². The molecule has 0 saturated carbocycles. The van der Waals surface area contributed by atoms with Gasteiger partial charge in [-0.25, -0.2) is 8.42 Å². The summed E-state index contributed by atoms with van der Waals surface area (Å²) in [6.45, 7) is 1.43. The van der Waals surface area contributed by atoms with Crippen LogP contribution in [0.15, 0.2) is 23.1 Å². The first-order chi connectivity index (χ1) is 11.0. The number of rotatable bonds is 4. The summed E-state index contributed by atoms with van der Waals surface area (Å²) in [6, 6.07) is 2.83. The van der Waals surface area contributed by atoms with Crippen molar-refractivity contribution < 1.29 is 26.3 Å². The van der Waals surface area contributed by atoms with E-state index in [0.29, 0.717) is 6.07 Å². The lowest BCUT2D eigenvalue weighted by Gasteiger charge is -2.14. The van der Waals surface area contributed by atoms with Gasteiger partial charge in [0.1, 0.15) is 15.8 Å². The average molecular weight is 384 g/mol. The number of sulfonamides is 1. The molecule has 0 amide bonds. The Morgan fingerprint density at radius 3 is 2.42 bits per heavy atom. The molecule has 1 aromatic carbocycles. The van der Waals surface area contributed by atoms with E-state index < -0.39 is 27.5 Å². The molecule has 0 spiro atoms. The second kappa shape index (κ2) is 6.17. The third kappa shape index (κ3) is 3.44. The summed E-state index contributed by atoms with van der Waals surface area (Å²) in [6.07, 6.45) is -4.70. The second-order valence-electron chi connectivity index (χ2n) is 4.85. The number of aryl methyl sites for hydroxylation is 2. The van der Waals surface area contributed by atoms with Crippen molar-refractivity contribution in [2.24, 2.45) is 7.05 Å². The van der Waals surface area contributed by atoms with Crippen LogP contribution in [0.5, 0.6) is 5.75 Å². The molecule has 1 aromatic heterocycles. The van der Waals surface area contributed by atoms with Gasteiger partial charge in [-0.3, -0.25) is 9.40 Å². The normalized spacial score (nSPS) is 12.3. The van der Waals surface area contributed by atoms with Crippen LogP contribution in [0.1, 0.15) is 11.3 Å². The van der Waals surface area contributed by atoms with Gasteiger partial charge in [-0.2, -0.15) is 18.3 Å². The number of benzene rings is 1. The molecule has 132 valence electrons. The Kier molecular flexibility index (Phi) is 4.73. The molecule has 0 fully saturated rings. The standard InChI is InChI=1S/C13H13ClF3N3O3S/c1-7-11(12(14)20(2)18-7)24(21,22)19-8-4-5-10(23-3)9(6-8)13(15,16)17/h4-6,19H,1-3H3. The highest BCUT2D eigenvalue weighted by atomic mass is 35.5. The van der Waals surface area contributed by atoms with Crippen LogP contribution in [0.3, 0.4) is 0 Å². The quantitative estimate of drug-likeness (QED) is 0.879. The largest absolute Gasteiger partial charge is 0.496 e. The predicted octanol–water partition coefficient (Wildman–Crippen LogP) is 3.21. The molecule has 0 unspecified atom stereocenters. The Morgan fingerprint density at radius 2 is 1.96 bits per heavy atom. The molecule has 0 bridgehead atoms. The first kappa shape index (κ1) is 18.4. The summed E-state index contributed by atoms with van der Waals surface area (Å²) in [4.78, 5) is -0.295. The van der Waals surface area contributed by atoms with Gasteiger partial charge in [0.05, 0.1) is 18.4 Å². The van der Waals surface area contributed by atoms with Crippen molar-refractivity contribution in [1.82, 2.24) is 9.78 Å². The maximum absolute atomic E-state index is 13.0.